The molecule has 5 heteroatoms. The highest BCUT2D eigenvalue weighted by Gasteiger charge is 2.18. The third-order valence-electron chi connectivity index (χ3n) is 4.25. The van der Waals surface area contributed by atoms with Gasteiger partial charge in [0, 0.05) is 6.42 Å². The fourth-order valence-corrected chi connectivity index (χ4v) is 3.12. The van der Waals surface area contributed by atoms with Crippen LogP contribution < -0.4 is 5.56 Å². The lowest BCUT2D eigenvalue weighted by Crippen LogP contribution is -2.25. The first-order chi connectivity index (χ1) is 12.3. The summed E-state index contributed by atoms with van der Waals surface area (Å²) < 4.78 is 1.58. The molecule has 0 amide bonds. The lowest BCUT2D eigenvalue weighted by Gasteiger charge is -2.20. The summed E-state index contributed by atoms with van der Waals surface area (Å²) in [6.45, 7) is 6.47. The number of hydrogen-bond donors (Lipinski definition) is 0. The van der Waals surface area contributed by atoms with Crippen LogP contribution in [0.25, 0.3) is 16.6 Å². The Morgan fingerprint density at radius 2 is 1.92 bits per heavy atom. The van der Waals surface area contributed by atoms with Crippen LogP contribution >= 0.6 is 11.6 Å². The van der Waals surface area contributed by atoms with Crippen molar-refractivity contribution >= 4 is 22.5 Å². The van der Waals surface area contributed by atoms with Gasteiger partial charge < -0.3 is 0 Å². The van der Waals surface area contributed by atoms with Crippen LogP contribution in [-0.4, -0.2) is 9.55 Å². The molecule has 0 radical (unpaired) electrons. The fraction of sp³-hybridized carbons (Fsp3) is 0.286. The van der Waals surface area contributed by atoms with Gasteiger partial charge in [-0.25, -0.2) is 4.98 Å². The third kappa shape index (κ3) is 3.63. The fourth-order valence-electron chi connectivity index (χ4n) is 2.87. The Hall–Kier alpha value is -2.64. The van der Waals surface area contributed by atoms with Crippen molar-refractivity contribution in [1.29, 1.82) is 5.26 Å². The Kier molecular flexibility index (Phi) is 4.84. The monoisotopic (exact) mass is 365 g/mol. The quantitative estimate of drug-likeness (QED) is 0.664. The van der Waals surface area contributed by atoms with Crippen molar-refractivity contribution in [2.24, 2.45) is 5.41 Å². The second-order valence-electron chi connectivity index (χ2n) is 7.53. The molecule has 4 nitrogen and oxygen atoms in total. The van der Waals surface area contributed by atoms with E-state index in [-0.39, 0.29) is 11.0 Å². The van der Waals surface area contributed by atoms with E-state index in [9.17, 15) is 10.1 Å². The van der Waals surface area contributed by atoms with Crippen LogP contribution in [0, 0.1) is 16.7 Å². The van der Waals surface area contributed by atoms with Crippen LogP contribution in [0.15, 0.2) is 47.3 Å². The number of benzene rings is 2. The molecule has 26 heavy (non-hydrogen) atoms. The largest absolute Gasteiger partial charge is 0.268 e. The maximum Gasteiger partial charge on any atom is 0.267 e. The summed E-state index contributed by atoms with van der Waals surface area (Å²) in [4.78, 5) is 18.0. The van der Waals surface area contributed by atoms with Gasteiger partial charge in [-0.1, -0.05) is 44.5 Å². The number of hydrogen-bond acceptors (Lipinski definition) is 3. The number of nitrogens with zero attached hydrogens (tertiary/aromatic N) is 3. The van der Waals surface area contributed by atoms with E-state index in [0.717, 1.165) is 6.42 Å². The highest BCUT2D eigenvalue weighted by Crippen LogP contribution is 2.24. The van der Waals surface area contributed by atoms with Crippen LogP contribution in [0.2, 0.25) is 5.02 Å². The van der Waals surface area contributed by atoms with Crippen LogP contribution in [0.1, 0.15) is 38.6 Å². The Labute approximate surface area is 157 Å². The Morgan fingerprint density at radius 3 is 2.62 bits per heavy atom. The second-order valence-corrected chi connectivity index (χ2v) is 7.93. The van der Waals surface area contributed by atoms with Gasteiger partial charge in [-0.2, -0.15) is 5.26 Å². The molecule has 0 aliphatic rings. The van der Waals surface area contributed by atoms with E-state index in [2.05, 4.69) is 26.8 Å². The zero-order valence-electron chi connectivity index (χ0n) is 15.1. The summed E-state index contributed by atoms with van der Waals surface area (Å²) in [5.74, 6) is 0.676. The minimum absolute atomic E-state index is 0.111. The summed E-state index contributed by atoms with van der Waals surface area (Å²) in [6.07, 6.45) is 1.53. The molecule has 0 atom stereocenters. The molecular weight excluding hydrogens is 346 g/mol. The highest BCUT2D eigenvalue weighted by atomic mass is 35.5. The molecule has 0 aliphatic carbocycles. The summed E-state index contributed by atoms with van der Waals surface area (Å²) in [5, 5.41) is 9.98. The Morgan fingerprint density at radius 1 is 1.19 bits per heavy atom. The first-order valence-corrected chi connectivity index (χ1v) is 8.89. The lowest BCUT2D eigenvalue weighted by atomic mass is 9.90. The normalized spacial score (nSPS) is 11.5. The van der Waals surface area contributed by atoms with E-state index >= 15 is 0 Å². The first-order valence-electron chi connectivity index (χ1n) is 8.51. The number of halogens is 1. The van der Waals surface area contributed by atoms with Gasteiger partial charge in [0.25, 0.3) is 5.56 Å². The first kappa shape index (κ1) is 18.2. The van der Waals surface area contributed by atoms with Crippen LogP contribution in [-0.2, 0) is 6.42 Å². The van der Waals surface area contributed by atoms with E-state index in [1.807, 2.05) is 6.07 Å². The molecule has 0 fully saturated rings. The minimum atomic E-state index is -0.209. The van der Waals surface area contributed by atoms with E-state index in [1.165, 1.54) is 0 Å². The standard InChI is InChI=1S/C21H20ClN3O/c1-21(2,3)11-10-18-24-17-9-5-8-16(22)19(17)20(26)25(18)15-7-4-6-14(12-15)13-23/h4-9,12H,10-11H2,1-3H3. The van der Waals surface area contributed by atoms with Crippen molar-refractivity contribution in [2.45, 2.75) is 33.6 Å². The number of fused-ring (bicyclic) bond motifs is 1. The van der Waals surface area contributed by atoms with E-state index in [0.29, 0.717) is 39.4 Å². The average molecular weight is 366 g/mol. The van der Waals surface area contributed by atoms with Gasteiger partial charge in [-0.3, -0.25) is 9.36 Å². The molecule has 0 aliphatic heterocycles. The van der Waals surface area contributed by atoms with Gasteiger partial charge in [-0.15, -0.1) is 0 Å². The molecule has 0 saturated carbocycles. The smallest absolute Gasteiger partial charge is 0.267 e. The lowest BCUT2D eigenvalue weighted by molar-refractivity contribution is 0.373. The maximum atomic E-state index is 13.3. The topological polar surface area (TPSA) is 58.7 Å². The van der Waals surface area contributed by atoms with Crippen LogP contribution in [0.5, 0.6) is 0 Å². The van der Waals surface area contributed by atoms with Gasteiger partial charge in [-0.05, 0) is 42.2 Å². The number of aromatic nitrogens is 2. The summed E-state index contributed by atoms with van der Waals surface area (Å²) in [6, 6.07) is 14.4. The summed E-state index contributed by atoms with van der Waals surface area (Å²) in [5.41, 5.74) is 1.63. The summed E-state index contributed by atoms with van der Waals surface area (Å²) in [7, 11) is 0. The van der Waals surface area contributed by atoms with Gasteiger partial charge in [0.2, 0.25) is 0 Å². The van der Waals surface area contributed by atoms with Crippen LogP contribution in [0.4, 0.5) is 0 Å². The molecule has 3 aromatic rings. The van der Waals surface area contributed by atoms with Crippen molar-refractivity contribution in [2.75, 3.05) is 0 Å². The van der Waals surface area contributed by atoms with Crippen molar-refractivity contribution < 1.29 is 0 Å². The van der Waals surface area contributed by atoms with Gasteiger partial charge in [0.1, 0.15) is 5.82 Å². The Bertz CT molecular complexity index is 1070. The molecular formula is C21H20ClN3O. The van der Waals surface area contributed by atoms with Crippen molar-refractivity contribution in [3.05, 3.63) is 69.2 Å². The predicted molar refractivity (Wildman–Crippen MR) is 105 cm³/mol. The molecule has 2 aromatic carbocycles. The number of rotatable bonds is 3. The molecule has 0 spiro atoms. The van der Waals surface area contributed by atoms with E-state index in [4.69, 9.17) is 16.6 Å². The van der Waals surface area contributed by atoms with Crippen molar-refractivity contribution in [1.82, 2.24) is 9.55 Å². The molecule has 132 valence electrons. The van der Waals surface area contributed by atoms with Gasteiger partial charge in [0.05, 0.1) is 33.2 Å². The molecule has 1 aromatic heterocycles. The SMILES string of the molecule is CC(C)(C)CCc1nc2cccc(Cl)c2c(=O)n1-c1cccc(C#N)c1. The molecule has 3 rings (SSSR count). The summed E-state index contributed by atoms with van der Waals surface area (Å²) >= 11 is 6.28. The number of nitriles is 1. The minimum Gasteiger partial charge on any atom is -0.268 e. The van der Waals surface area contributed by atoms with E-state index in [1.54, 1.807) is 41.0 Å². The molecule has 0 N–H and O–H groups in total. The molecule has 0 unspecified atom stereocenters. The van der Waals surface area contributed by atoms with Crippen molar-refractivity contribution in [3.8, 4) is 11.8 Å². The highest BCUT2D eigenvalue weighted by molar-refractivity contribution is 6.35. The second kappa shape index (κ2) is 6.93. The zero-order valence-corrected chi connectivity index (χ0v) is 15.8. The predicted octanol–water partition coefficient (Wildman–Crippen LogP) is 4.89. The number of aryl methyl sites for hydroxylation is 1. The van der Waals surface area contributed by atoms with Crippen LogP contribution in [0.3, 0.4) is 0 Å². The zero-order chi connectivity index (χ0) is 18.9. The average Bonchev–Trinajstić information content (AvgIpc) is 2.59. The van der Waals surface area contributed by atoms with Gasteiger partial charge >= 0.3 is 0 Å². The Balaban J connectivity index is 2.30. The third-order valence-corrected chi connectivity index (χ3v) is 4.56. The van der Waals surface area contributed by atoms with E-state index < -0.39 is 0 Å². The molecule has 0 bridgehead atoms. The molecule has 0 saturated heterocycles. The maximum absolute atomic E-state index is 13.3. The van der Waals surface area contributed by atoms with Crippen molar-refractivity contribution in [3.63, 3.8) is 0 Å². The molecule has 1 heterocycles. The van der Waals surface area contributed by atoms with Gasteiger partial charge in [0.15, 0.2) is 0 Å².